The van der Waals surface area contributed by atoms with E-state index in [0.29, 0.717) is 15.8 Å². The molecule has 2 rings (SSSR count). The average molecular weight is 411 g/mol. The third-order valence-electron chi connectivity index (χ3n) is 2.45. The van der Waals surface area contributed by atoms with Crippen molar-refractivity contribution in [1.29, 1.82) is 0 Å². The van der Waals surface area contributed by atoms with Gasteiger partial charge in [-0.05, 0) is 6.08 Å². The highest BCUT2D eigenvalue weighted by molar-refractivity contribution is 9.11. The lowest BCUT2D eigenvalue weighted by molar-refractivity contribution is 0.398. The Bertz CT molecular complexity index is 762. The van der Waals surface area contributed by atoms with Crippen molar-refractivity contribution in [3.63, 3.8) is 0 Å². The molecule has 1 aromatic rings. The molecule has 0 saturated heterocycles. The first-order chi connectivity index (χ1) is 9.83. The van der Waals surface area contributed by atoms with Crippen LogP contribution in [-0.2, 0) is 10.0 Å². The van der Waals surface area contributed by atoms with Gasteiger partial charge in [0.25, 0.3) is 15.9 Å². The lowest BCUT2D eigenvalue weighted by Crippen LogP contribution is -2.22. The van der Waals surface area contributed by atoms with Crippen LogP contribution in [-0.4, -0.2) is 30.4 Å². The molecule has 0 bridgehead atoms. The van der Waals surface area contributed by atoms with Crippen LogP contribution in [0.25, 0.3) is 0 Å². The number of halogens is 2. The topological polar surface area (TPSA) is 81.2 Å². The van der Waals surface area contributed by atoms with Crippen molar-refractivity contribution >= 4 is 60.5 Å². The summed E-state index contributed by atoms with van der Waals surface area (Å²) in [5, 5.41) is 0.0368. The molecule has 1 aromatic heterocycles. The lowest BCUT2D eigenvalue weighted by atomic mass is 10.2. The van der Waals surface area contributed by atoms with Crippen molar-refractivity contribution in [2.24, 2.45) is 0 Å². The third kappa shape index (κ3) is 3.79. The number of methoxy groups -OCH3 is 1. The second-order valence-electron chi connectivity index (χ2n) is 3.88. The van der Waals surface area contributed by atoms with E-state index >= 15 is 0 Å². The van der Waals surface area contributed by atoms with Crippen LogP contribution in [0.15, 0.2) is 27.7 Å². The normalized spacial score (nSPS) is 15.3. The summed E-state index contributed by atoms with van der Waals surface area (Å²) in [6, 6.07) is 0. The van der Waals surface area contributed by atoms with Gasteiger partial charge in [0.05, 0.1) is 13.3 Å². The highest BCUT2D eigenvalue weighted by Crippen LogP contribution is 2.27. The molecule has 0 aliphatic heterocycles. The number of anilines is 1. The zero-order chi connectivity index (χ0) is 15.6. The van der Waals surface area contributed by atoms with Crippen LogP contribution in [0, 0.1) is 0 Å². The van der Waals surface area contributed by atoms with E-state index in [9.17, 15) is 8.42 Å². The molecule has 0 atom stereocenters. The number of ether oxygens (including phenoxy) is 1. The number of nitrogens with one attached hydrogen (secondary N) is 1. The van der Waals surface area contributed by atoms with Crippen molar-refractivity contribution in [3.8, 4) is 5.88 Å². The van der Waals surface area contributed by atoms with Crippen molar-refractivity contribution in [3.05, 3.63) is 32.9 Å². The fraction of sp³-hybridized carbons (Fsp3) is 0.182. The first-order valence-corrected chi connectivity index (χ1v) is 8.59. The zero-order valence-corrected chi connectivity index (χ0v) is 14.6. The van der Waals surface area contributed by atoms with Crippen LogP contribution in [0.3, 0.4) is 0 Å². The van der Waals surface area contributed by atoms with Crippen LogP contribution >= 0.6 is 39.7 Å². The summed E-state index contributed by atoms with van der Waals surface area (Å²) in [6.07, 6.45) is 4.82. The Morgan fingerprint density at radius 1 is 1.52 bits per heavy atom. The van der Waals surface area contributed by atoms with Crippen molar-refractivity contribution in [2.75, 3.05) is 11.8 Å². The van der Waals surface area contributed by atoms with E-state index in [-0.39, 0.29) is 21.8 Å². The highest BCUT2D eigenvalue weighted by Gasteiger charge is 2.26. The number of allylic oxidation sites excluding steroid dienone is 4. The van der Waals surface area contributed by atoms with Gasteiger partial charge in [0.15, 0.2) is 0 Å². The van der Waals surface area contributed by atoms with Gasteiger partial charge in [-0.2, -0.15) is 0 Å². The molecule has 1 aliphatic carbocycles. The highest BCUT2D eigenvalue weighted by atomic mass is 79.9. The zero-order valence-electron chi connectivity index (χ0n) is 10.6. The fourth-order valence-electron chi connectivity index (χ4n) is 1.54. The minimum atomic E-state index is -3.91. The maximum absolute atomic E-state index is 12.4. The maximum Gasteiger partial charge on any atom is 0.264 e. The molecule has 0 unspecified atom stereocenters. The average Bonchev–Trinajstić information content (AvgIpc) is 2.41. The molecule has 0 radical (unpaired) electrons. The van der Waals surface area contributed by atoms with Gasteiger partial charge < -0.3 is 4.74 Å². The summed E-state index contributed by atoms with van der Waals surface area (Å²) >= 11 is 14.0. The Hall–Kier alpha value is -1.03. The summed E-state index contributed by atoms with van der Waals surface area (Å²) in [5.41, 5.74) is 0. The number of hydrogen-bond acceptors (Lipinski definition) is 6. The summed E-state index contributed by atoms with van der Waals surface area (Å²) < 4.78 is 32.7. The molecular weight excluding hydrogens is 402 g/mol. The van der Waals surface area contributed by atoms with Gasteiger partial charge in [0, 0.05) is 15.8 Å². The molecule has 0 saturated carbocycles. The van der Waals surface area contributed by atoms with Crippen LogP contribution < -0.4 is 9.46 Å². The van der Waals surface area contributed by atoms with Crippen LogP contribution in [0.1, 0.15) is 6.42 Å². The number of nitrogens with zero attached hydrogens (tertiary/aromatic N) is 2. The Morgan fingerprint density at radius 2 is 2.24 bits per heavy atom. The van der Waals surface area contributed by atoms with Crippen LogP contribution in [0.2, 0.25) is 5.15 Å². The van der Waals surface area contributed by atoms with Gasteiger partial charge in [-0.25, -0.2) is 18.4 Å². The molecule has 0 fully saturated rings. The number of aromatic nitrogens is 2. The monoisotopic (exact) mass is 409 g/mol. The van der Waals surface area contributed by atoms with Gasteiger partial charge in [0.2, 0.25) is 5.82 Å². The summed E-state index contributed by atoms with van der Waals surface area (Å²) in [7, 11) is -2.56. The van der Waals surface area contributed by atoms with Crippen LogP contribution in [0.5, 0.6) is 5.88 Å². The predicted octanol–water partition coefficient (Wildman–Crippen LogP) is 2.82. The van der Waals surface area contributed by atoms with Gasteiger partial charge in [-0.15, -0.1) is 0 Å². The third-order valence-corrected chi connectivity index (χ3v) is 5.11. The molecular formula is C11H9BrClN3O3S2. The standard InChI is InChI=1S/C11H9BrClN3O3S2/c1-19-11-10(15-9(13)5-14-11)16-21(17,18)8-4-6(12)2-3-7(8)20/h2,4-5H,3H2,1H3,(H,15,16). The largest absolute Gasteiger partial charge is 0.478 e. The molecule has 1 heterocycles. The molecule has 6 nitrogen and oxygen atoms in total. The van der Waals surface area contributed by atoms with Gasteiger partial charge in [-0.3, -0.25) is 4.72 Å². The smallest absolute Gasteiger partial charge is 0.264 e. The van der Waals surface area contributed by atoms with Crippen LogP contribution in [0.4, 0.5) is 5.82 Å². The van der Waals surface area contributed by atoms with Crippen molar-refractivity contribution in [2.45, 2.75) is 6.42 Å². The van der Waals surface area contributed by atoms with E-state index in [1.165, 1.54) is 19.4 Å². The molecule has 10 heteroatoms. The fourth-order valence-corrected chi connectivity index (χ4v) is 3.85. The summed E-state index contributed by atoms with van der Waals surface area (Å²) in [6.45, 7) is 0. The lowest BCUT2D eigenvalue weighted by Gasteiger charge is -2.15. The summed E-state index contributed by atoms with van der Waals surface area (Å²) in [4.78, 5) is 8.00. The number of thiocarbonyl (C=S) groups is 1. The molecule has 0 aromatic carbocycles. The van der Waals surface area contributed by atoms with Gasteiger partial charge >= 0.3 is 0 Å². The van der Waals surface area contributed by atoms with E-state index in [4.69, 9.17) is 28.6 Å². The summed E-state index contributed by atoms with van der Waals surface area (Å²) in [5.74, 6) is -0.0840. The van der Waals surface area contributed by atoms with E-state index < -0.39 is 10.0 Å². The van der Waals surface area contributed by atoms with Gasteiger partial charge in [0.1, 0.15) is 10.1 Å². The Morgan fingerprint density at radius 3 is 2.90 bits per heavy atom. The second kappa shape index (κ2) is 6.39. The van der Waals surface area contributed by atoms with E-state index in [1.807, 2.05) is 0 Å². The molecule has 0 amide bonds. The second-order valence-corrected chi connectivity index (χ2v) is 7.33. The molecule has 1 aliphatic rings. The Kier molecular flexibility index (Phi) is 4.97. The van der Waals surface area contributed by atoms with E-state index in [1.54, 1.807) is 6.08 Å². The number of sulfonamides is 1. The predicted molar refractivity (Wildman–Crippen MR) is 88.4 cm³/mol. The Balaban J connectivity index is 2.41. The molecule has 21 heavy (non-hydrogen) atoms. The minimum absolute atomic E-state index is 0.00398. The van der Waals surface area contributed by atoms with Crippen molar-refractivity contribution in [1.82, 2.24) is 9.97 Å². The number of hydrogen-bond donors (Lipinski definition) is 1. The SMILES string of the molecule is COc1ncc(Cl)nc1NS(=O)(=O)C1=CC(Br)=CCC1=S. The van der Waals surface area contributed by atoms with E-state index in [0.717, 1.165) is 0 Å². The van der Waals surface area contributed by atoms with E-state index in [2.05, 4.69) is 30.6 Å². The molecule has 0 spiro atoms. The van der Waals surface area contributed by atoms with Gasteiger partial charge in [-0.1, -0.05) is 45.8 Å². The quantitative estimate of drug-likeness (QED) is 0.769. The first kappa shape index (κ1) is 16.3. The minimum Gasteiger partial charge on any atom is -0.478 e. The number of rotatable bonds is 4. The molecule has 112 valence electrons. The maximum atomic E-state index is 12.4. The Labute approximate surface area is 140 Å². The first-order valence-electron chi connectivity index (χ1n) is 5.53. The van der Waals surface area contributed by atoms with Crippen molar-refractivity contribution < 1.29 is 13.2 Å². The molecule has 1 N–H and O–H groups in total.